The van der Waals surface area contributed by atoms with Crippen LogP contribution in [-0.2, 0) is 16.6 Å². The van der Waals surface area contributed by atoms with Gasteiger partial charge in [0.1, 0.15) is 5.76 Å². The summed E-state index contributed by atoms with van der Waals surface area (Å²) in [5.41, 5.74) is 0. The van der Waals surface area contributed by atoms with Gasteiger partial charge in [0, 0.05) is 12.6 Å². The van der Waals surface area contributed by atoms with E-state index in [0.29, 0.717) is 24.8 Å². The van der Waals surface area contributed by atoms with Crippen molar-refractivity contribution in [2.45, 2.75) is 52.3 Å². The molecular weight excluding hydrogens is 276 g/mol. The van der Waals surface area contributed by atoms with Crippen molar-refractivity contribution in [2.24, 2.45) is 5.92 Å². The van der Waals surface area contributed by atoms with E-state index in [1.807, 2.05) is 20.8 Å². The molecule has 0 unspecified atom stereocenters. The second kappa shape index (κ2) is 7.24. The summed E-state index contributed by atoms with van der Waals surface area (Å²) < 4.78 is 31.7. The molecule has 1 aromatic rings. The third-order valence-electron chi connectivity index (χ3n) is 2.94. The zero-order valence-electron chi connectivity index (χ0n) is 13.0. The first kappa shape index (κ1) is 17.2. The van der Waals surface area contributed by atoms with Crippen molar-refractivity contribution in [2.75, 3.05) is 13.1 Å². The third-order valence-corrected chi connectivity index (χ3v) is 4.96. The highest BCUT2D eigenvalue weighted by Gasteiger charge is 2.28. The smallest absolute Gasteiger partial charge is 0.276 e. The zero-order valence-corrected chi connectivity index (χ0v) is 13.8. The summed E-state index contributed by atoms with van der Waals surface area (Å²) >= 11 is 0. The van der Waals surface area contributed by atoms with Gasteiger partial charge in [-0.3, -0.25) is 0 Å². The minimum Gasteiger partial charge on any atom is -0.447 e. The van der Waals surface area contributed by atoms with Crippen LogP contribution in [0.15, 0.2) is 21.6 Å². The van der Waals surface area contributed by atoms with Gasteiger partial charge in [0.15, 0.2) is 0 Å². The van der Waals surface area contributed by atoms with Gasteiger partial charge in [-0.1, -0.05) is 20.8 Å². The molecule has 0 aromatic carbocycles. The minimum absolute atomic E-state index is 0.0226. The minimum atomic E-state index is -3.53. The van der Waals surface area contributed by atoms with E-state index in [1.54, 1.807) is 6.07 Å². The summed E-state index contributed by atoms with van der Waals surface area (Å²) in [5, 5.41) is 3.25. The molecule has 1 aromatic heterocycles. The topological polar surface area (TPSA) is 62.6 Å². The molecule has 0 aliphatic heterocycles. The van der Waals surface area contributed by atoms with Crippen molar-refractivity contribution in [1.29, 1.82) is 0 Å². The molecule has 0 atom stereocenters. The average Bonchev–Trinajstić information content (AvgIpc) is 2.77. The lowest BCUT2D eigenvalue weighted by Gasteiger charge is -2.22. The molecule has 0 saturated heterocycles. The Kier molecular flexibility index (Phi) is 6.23. The van der Waals surface area contributed by atoms with Gasteiger partial charge in [0.25, 0.3) is 10.0 Å². The van der Waals surface area contributed by atoms with Crippen LogP contribution in [0.25, 0.3) is 0 Å². The largest absolute Gasteiger partial charge is 0.447 e. The predicted molar refractivity (Wildman–Crippen MR) is 80.0 cm³/mol. The highest BCUT2D eigenvalue weighted by molar-refractivity contribution is 7.89. The van der Waals surface area contributed by atoms with E-state index in [9.17, 15) is 8.42 Å². The number of furan rings is 1. The van der Waals surface area contributed by atoms with Crippen LogP contribution in [0.1, 0.15) is 40.4 Å². The highest BCUT2D eigenvalue weighted by atomic mass is 32.2. The van der Waals surface area contributed by atoms with Crippen LogP contribution < -0.4 is 5.32 Å². The Balaban J connectivity index is 2.80. The van der Waals surface area contributed by atoms with Crippen LogP contribution in [0.2, 0.25) is 0 Å². The first-order chi connectivity index (χ1) is 9.28. The molecule has 1 rings (SSSR count). The van der Waals surface area contributed by atoms with Gasteiger partial charge in [0.05, 0.1) is 6.54 Å². The van der Waals surface area contributed by atoms with Gasteiger partial charge in [0.2, 0.25) is 5.09 Å². The first-order valence-corrected chi connectivity index (χ1v) is 8.54. The van der Waals surface area contributed by atoms with Gasteiger partial charge < -0.3 is 9.73 Å². The Bertz CT molecular complexity index is 506. The normalized spacial score (nSPS) is 12.8. The van der Waals surface area contributed by atoms with Crippen molar-refractivity contribution >= 4 is 10.0 Å². The maximum Gasteiger partial charge on any atom is 0.276 e. The van der Waals surface area contributed by atoms with Crippen LogP contribution in [0.4, 0.5) is 0 Å². The monoisotopic (exact) mass is 302 g/mol. The standard InChI is InChI=1S/C14H26N2O3S/c1-6-16(12(4)5)20(17,18)14-8-7-13(19-14)10-15-9-11(2)3/h7-8,11-12,15H,6,9-10H2,1-5H3. The Morgan fingerprint density at radius 3 is 2.40 bits per heavy atom. The van der Waals surface area contributed by atoms with Crippen LogP contribution in [0, 0.1) is 5.92 Å². The van der Waals surface area contributed by atoms with E-state index in [-0.39, 0.29) is 11.1 Å². The Labute approximate surface area is 122 Å². The molecule has 6 heteroatoms. The van der Waals surface area contributed by atoms with Crippen LogP contribution in [-0.4, -0.2) is 31.9 Å². The lowest BCUT2D eigenvalue weighted by atomic mass is 10.2. The van der Waals surface area contributed by atoms with Gasteiger partial charge in [-0.2, -0.15) is 4.31 Å². The summed E-state index contributed by atoms with van der Waals surface area (Å²) in [5.74, 6) is 1.19. The number of nitrogens with zero attached hydrogens (tertiary/aromatic N) is 1. The third kappa shape index (κ3) is 4.33. The molecule has 0 saturated carbocycles. The van der Waals surface area contributed by atoms with E-state index >= 15 is 0 Å². The summed E-state index contributed by atoms with van der Waals surface area (Å²) in [6, 6.07) is 3.17. The molecule has 0 radical (unpaired) electrons. The quantitative estimate of drug-likeness (QED) is 0.801. The first-order valence-electron chi connectivity index (χ1n) is 7.10. The number of rotatable bonds is 8. The van der Waals surface area contributed by atoms with E-state index < -0.39 is 10.0 Å². The Morgan fingerprint density at radius 1 is 1.25 bits per heavy atom. The second-order valence-electron chi connectivity index (χ2n) is 5.55. The lowest BCUT2D eigenvalue weighted by Crippen LogP contribution is -2.36. The SMILES string of the molecule is CCN(C(C)C)S(=O)(=O)c1ccc(CNCC(C)C)o1. The predicted octanol–water partition coefficient (Wildman–Crippen LogP) is 2.44. The van der Waals surface area contributed by atoms with Gasteiger partial charge >= 0.3 is 0 Å². The number of sulfonamides is 1. The van der Waals surface area contributed by atoms with E-state index in [4.69, 9.17) is 4.42 Å². The molecule has 116 valence electrons. The molecular formula is C14H26N2O3S. The summed E-state index contributed by atoms with van der Waals surface area (Å²) in [4.78, 5) is 0. The maximum absolute atomic E-state index is 12.4. The van der Waals surface area contributed by atoms with Crippen molar-refractivity contribution in [3.05, 3.63) is 17.9 Å². The Morgan fingerprint density at radius 2 is 1.90 bits per heavy atom. The maximum atomic E-state index is 12.4. The molecule has 0 spiro atoms. The zero-order chi connectivity index (χ0) is 15.3. The number of hydrogen-bond acceptors (Lipinski definition) is 4. The fraction of sp³-hybridized carbons (Fsp3) is 0.714. The lowest BCUT2D eigenvalue weighted by molar-refractivity contribution is 0.338. The number of hydrogen-bond donors (Lipinski definition) is 1. The van der Waals surface area contributed by atoms with E-state index in [1.165, 1.54) is 10.4 Å². The van der Waals surface area contributed by atoms with Gasteiger partial charge in [-0.05, 0) is 38.4 Å². The molecule has 1 N–H and O–H groups in total. The molecule has 0 aliphatic rings. The van der Waals surface area contributed by atoms with E-state index in [2.05, 4.69) is 19.2 Å². The van der Waals surface area contributed by atoms with Gasteiger partial charge in [-0.25, -0.2) is 8.42 Å². The van der Waals surface area contributed by atoms with Crippen LogP contribution >= 0.6 is 0 Å². The fourth-order valence-electron chi connectivity index (χ4n) is 2.00. The van der Waals surface area contributed by atoms with Crippen molar-refractivity contribution < 1.29 is 12.8 Å². The van der Waals surface area contributed by atoms with Crippen molar-refractivity contribution in [3.8, 4) is 0 Å². The number of nitrogens with one attached hydrogen (secondary N) is 1. The van der Waals surface area contributed by atoms with Crippen molar-refractivity contribution in [1.82, 2.24) is 9.62 Å². The molecule has 0 fully saturated rings. The van der Waals surface area contributed by atoms with Gasteiger partial charge in [-0.15, -0.1) is 0 Å². The van der Waals surface area contributed by atoms with Crippen molar-refractivity contribution in [3.63, 3.8) is 0 Å². The second-order valence-corrected chi connectivity index (χ2v) is 7.37. The Hall–Kier alpha value is -0.850. The molecule has 0 aliphatic carbocycles. The fourth-order valence-corrected chi connectivity index (χ4v) is 3.58. The average molecular weight is 302 g/mol. The highest BCUT2D eigenvalue weighted by Crippen LogP contribution is 2.20. The van der Waals surface area contributed by atoms with Crippen LogP contribution in [0.5, 0.6) is 0 Å². The molecule has 1 heterocycles. The summed E-state index contributed by atoms with van der Waals surface area (Å²) in [6.07, 6.45) is 0. The summed E-state index contributed by atoms with van der Waals surface area (Å²) in [6.45, 7) is 11.6. The molecule has 0 bridgehead atoms. The molecule has 20 heavy (non-hydrogen) atoms. The molecule has 5 nitrogen and oxygen atoms in total. The molecule has 0 amide bonds. The van der Waals surface area contributed by atoms with Crippen LogP contribution in [0.3, 0.4) is 0 Å². The van der Waals surface area contributed by atoms with E-state index in [0.717, 1.165) is 6.54 Å². The summed E-state index contributed by atoms with van der Waals surface area (Å²) in [7, 11) is -3.53.